The second-order valence-electron chi connectivity index (χ2n) is 5.70. The van der Waals surface area contributed by atoms with E-state index in [1.54, 1.807) is 0 Å². The number of hydrogen-bond donors (Lipinski definition) is 0. The Labute approximate surface area is 120 Å². The molecule has 2 bridgehead atoms. The number of rotatable bonds is 1. The molecular weight excluding hydrogens is 276 g/mol. The first-order valence-corrected chi connectivity index (χ1v) is 6.91. The molecule has 3 aliphatic heterocycles. The molecule has 4 heterocycles. The van der Waals surface area contributed by atoms with Crippen molar-refractivity contribution in [3.8, 4) is 0 Å². The molecule has 3 saturated heterocycles. The number of esters is 2. The summed E-state index contributed by atoms with van der Waals surface area (Å²) in [5.41, 5.74) is 2.01. The Hall–Kier alpha value is -2.15. The zero-order chi connectivity index (χ0) is 14.6. The average molecular weight is 290 g/mol. The molecule has 0 aliphatic carbocycles. The van der Waals surface area contributed by atoms with Crippen LogP contribution < -0.4 is 0 Å². The van der Waals surface area contributed by atoms with Gasteiger partial charge in [0, 0.05) is 25.6 Å². The van der Waals surface area contributed by atoms with E-state index in [1.165, 1.54) is 5.57 Å². The highest BCUT2D eigenvalue weighted by atomic mass is 16.8. The highest BCUT2D eigenvalue weighted by Crippen LogP contribution is 2.44. The van der Waals surface area contributed by atoms with Crippen LogP contribution in [-0.4, -0.2) is 41.0 Å². The smallest absolute Gasteiger partial charge is 0.400 e. The van der Waals surface area contributed by atoms with E-state index in [4.69, 9.17) is 14.0 Å². The molecule has 0 radical (unpaired) electrons. The second-order valence-corrected chi connectivity index (χ2v) is 5.70. The maximum absolute atomic E-state index is 11.3. The summed E-state index contributed by atoms with van der Waals surface area (Å²) in [7, 11) is 0. The summed E-state index contributed by atoms with van der Waals surface area (Å²) in [6, 6.07) is 1.87. The van der Waals surface area contributed by atoms with Gasteiger partial charge in [-0.25, -0.2) is 14.5 Å². The molecule has 0 amide bonds. The molecule has 1 aromatic heterocycles. The molecule has 110 valence electrons. The van der Waals surface area contributed by atoms with Gasteiger partial charge in [-0.05, 0) is 30.9 Å². The number of nitrogens with zero attached hydrogens (tertiary/aromatic N) is 2. The van der Waals surface area contributed by atoms with Gasteiger partial charge in [0.05, 0.1) is 5.69 Å². The Bertz CT molecular complexity index is 646. The summed E-state index contributed by atoms with van der Waals surface area (Å²) in [4.78, 5) is 24.6. The van der Waals surface area contributed by atoms with Crippen LogP contribution in [0.15, 0.2) is 16.2 Å². The van der Waals surface area contributed by atoms with Gasteiger partial charge in [-0.3, -0.25) is 0 Å². The first-order chi connectivity index (χ1) is 10.1. The Morgan fingerprint density at radius 2 is 2.14 bits per heavy atom. The predicted molar refractivity (Wildman–Crippen MR) is 68.4 cm³/mol. The number of fused-ring (bicyclic) bond motifs is 3. The van der Waals surface area contributed by atoms with Gasteiger partial charge in [0.2, 0.25) is 0 Å². The van der Waals surface area contributed by atoms with Crippen LogP contribution in [0.2, 0.25) is 0 Å². The molecule has 0 aromatic carbocycles. The maximum atomic E-state index is 11.3. The van der Waals surface area contributed by atoms with Crippen molar-refractivity contribution in [3.05, 3.63) is 23.1 Å². The minimum Gasteiger partial charge on any atom is -0.400 e. The van der Waals surface area contributed by atoms with E-state index in [1.807, 2.05) is 24.0 Å². The molecule has 2 atom stereocenters. The molecule has 3 fully saturated rings. The van der Waals surface area contributed by atoms with E-state index in [2.05, 4.69) is 5.16 Å². The fourth-order valence-electron chi connectivity index (χ4n) is 3.27. The van der Waals surface area contributed by atoms with Crippen LogP contribution in [-0.2, 0) is 19.1 Å². The van der Waals surface area contributed by atoms with Crippen LogP contribution in [0.1, 0.15) is 24.3 Å². The van der Waals surface area contributed by atoms with Crippen molar-refractivity contribution in [1.29, 1.82) is 0 Å². The molecule has 2 unspecified atom stereocenters. The Kier molecular flexibility index (Phi) is 2.50. The lowest BCUT2D eigenvalue weighted by molar-refractivity contribution is -0.257. The Morgan fingerprint density at radius 3 is 2.81 bits per heavy atom. The minimum atomic E-state index is -1.20. The normalized spacial score (nSPS) is 31.8. The quantitative estimate of drug-likeness (QED) is 0.560. The van der Waals surface area contributed by atoms with Crippen LogP contribution in [0.5, 0.6) is 0 Å². The largest absolute Gasteiger partial charge is 0.421 e. The van der Waals surface area contributed by atoms with Gasteiger partial charge in [-0.1, -0.05) is 5.16 Å². The van der Waals surface area contributed by atoms with Gasteiger partial charge in [0.15, 0.2) is 5.76 Å². The van der Waals surface area contributed by atoms with E-state index < -0.39 is 17.8 Å². The number of carbonyl (C=O) groups is 2. The van der Waals surface area contributed by atoms with Gasteiger partial charge in [-0.2, -0.15) is 0 Å². The fraction of sp³-hybridized carbons (Fsp3) is 0.500. The van der Waals surface area contributed by atoms with Gasteiger partial charge in [-0.15, -0.1) is 0 Å². The summed E-state index contributed by atoms with van der Waals surface area (Å²) in [5, 5.41) is 3.86. The van der Waals surface area contributed by atoms with Crippen molar-refractivity contribution in [3.63, 3.8) is 0 Å². The molecule has 1 aromatic rings. The van der Waals surface area contributed by atoms with Crippen LogP contribution in [0.25, 0.3) is 6.08 Å². The molecule has 21 heavy (non-hydrogen) atoms. The molecule has 3 aliphatic rings. The number of carbonyl (C=O) groups excluding carboxylic acids is 2. The lowest BCUT2D eigenvalue weighted by atomic mass is 9.94. The topological polar surface area (TPSA) is 81.9 Å². The molecule has 7 heteroatoms. The lowest BCUT2D eigenvalue weighted by Crippen LogP contribution is -2.51. The highest BCUT2D eigenvalue weighted by Gasteiger charge is 2.58. The molecule has 4 rings (SSSR count). The highest BCUT2D eigenvalue weighted by molar-refractivity contribution is 6.31. The molecule has 7 nitrogen and oxygen atoms in total. The fourth-order valence-corrected chi connectivity index (χ4v) is 3.27. The summed E-state index contributed by atoms with van der Waals surface area (Å²) < 4.78 is 15.6. The Morgan fingerprint density at radius 1 is 1.38 bits per heavy atom. The number of piperidine rings is 1. The SMILES string of the molecule is Cc1cc(/C=C2/CN3CC2CCC32OC(=O)C(=O)O2)on1. The zero-order valence-electron chi connectivity index (χ0n) is 11.5. The van der Waals surface area contributed by atoms with Crippen molar-refractivity contribution in [2.45, 2.75) is 25.7 Å². The summed E-state index contributed by atoms with van der Waals surface area (Å²) >= 11 is 0. The third-order valence-electron chi connectivity index (χ3n) is 4.27. The van der Waals surface area contributed by atoms with Crippen LogP contribution in [0.3, 0.4) is 0 Å². The number of aryl methyl sites for hydroxylation is 1. The van der Waals surface area contributed by atoms with Crippen LogP contribution in [0, 0.1) is 12.8 Å². The minimum absolute atomic E-state index is 0.360. The summed E-state index contributed by atoms with van der Waals surface area (Å²) in [5.74, 6) is -1.93. The van der Waals surface area contributed by atoms with Crippen LogP contribution >= 0.6 is 0 Å². The molecular formula is C14H14N2O5. The molecule has 0 N–H and O–H groups in total. The number of hydrogen-bond acceptors (Lipinski definition) is 7. The van der Waals surface area contributed by atoms with E-state index >= 15 is 0 Å². The predicted octanol–water partition coefficient (Wildman–Crippen LogP) is 0.846. The van der Waals surface area contributed by atoms with E-state index in [0.717, 1.165) is 12.1 Å². The van der Waals surface area contributed by atoms with E-state index in [0.29, 0.717) is 31.2 Å². The monoisotopic (exact) mass is 290 g/mol. The van der Waals surface area contributed by atoms with Crippen molar-refractivity contribution in [2.75, 3.05) is 13.1 Å². The van der Waals surface area contributed by atoms with Crippen molar-refractivity contribution >= 4 is 18.0 Å². The first-order valence-electron chi connectivity index (χ1n) is 6.91. The number of aromatic nitrogens is 1. The standard InChI is InChI=1S/C14H14N2O5/c1-8-4-11(21-15-8)5-10-7-16-6-9(10)2-3-14(16)19-12(17)13(18)20-14/h4-5,9H,2-3,6-7H2,1H3/b10-5-. The molecule has 1 spiro atoms. The maximum Gasteiger partial charge on any atom is 0.421 e. The summed E-state index contributed by atoms with van der Waals surface area (Å²) in [6.45, 7) is 3.17. The zero-order valence-corrected chi connectivity index (χ0v) is 11.5. The van der Waals surface area contributed by atoms with E-state index in [-0.39, 0.29) is 0 Å². The van der Waals surface area contributed by atoms with Crippen molar-refractivity contribution < 1.29 is 23.6 Å². The second kappa shape index (κ2) is 4.17. The van der Waals surface area contributed by atoms with Crippen molar-refractivity contribution in [1.82, 2.24) is 10.1 Å². The lowest BCUT2D eigenvalue weighted by Gasteiger charge is -2.37. The first kappa shape index (κ1) is 12.6. The van der Waals surface area contributed by atoms with Gasteiger partial charge in [0.25, 0.3) is 0 Å². The summed E-state index contributed by atoms with van der Waals surface area (Å²) in [6.07, 6.45) is 3.28. The van der Waals surface area contributed by atoms with E-state index in [9.17, 15) is 9.59 Å². The third-order valence-corrected chi connectivity index (χ3v) is 4.27. The van der Waals surface area contributed by atoms with Crippen LogP contribution in [0.4, 0.5) is 0 Å². The Balaban J connectivity index is 1.60. The average Bonchev–Trinajstić information content (AvgIpc) is 3.07. The van der Waals surface area contributed by atoms with Gasteiger partial charge >= 0.3 is 17.8 Å². The third kappa shape index (κ3) is 1.88. The van der Waals surface area contributed by atoms with Gasteiger partial charge in [0.1, 0.15) is 0 Å². The number of ether oxygens (including phenoxy) is 2. The van der Waals surface area contributed by atoms with Gasteiger partial charge < -0.3 is 14.0 Å². The van der Waals surface area contributed by atoms with Crippen molar-refractivity contribution in [2.24, 2.45) is 5.92 Å². The molecule has 0 saturated carbocycles.